The molecule has 0 unspecified atom stereocenters. The van der Waals surface area contributed by atoms with Crippen LogP contribution in [0.1, 0.15) is 0 Å². The highest BCUT2D eigenvalue weighted by Crippen LogP contribution is 2.30. The maximum absolute atomic E-state index is 12.8. The lowest BCUT2D eigenvalue weighted by atomic mass is 10.2. The van der Waals surface area contributed by atoms with Crippen LogP contribution in [0.15, 0.2) is 53.8 Å². The molecular formula is C20H17N5O4S. The average Bonchev–Trinajstić information content (AvgIpc) is 3.21. The number of methoxy groups -OCH3 is 2. The van der Waals surface area contributed by atoms with Gasteiger partial charge in [0.15, 0.2) is 11.5 Å². The summed E-state index contributed by atoms with van der Waals surface area (Å²) < 4.78 is 16.4. The minimum Gasteiger partial charge on any atom is -0.493 e. The van der Waals surface area contributed by atoms with Crippen molar-refractivity contribution < 1.29 is 14.3 Å². The number of aromatic nitrogens is 4. The molecule has 10 heteroatoms. The number of carbonyl (C=O) groups is 1. The van der Waals surface area contributed by atoms with Crippen molar-refractivity contribution in [1.29, 1.82) is 0 Å². The van der Waals surface area contributed by atoms with E-state index in [4.69, 9.17) is 9.47 Å². The van der Waals surface area contributed by atoms with Gasteiger partial charge in [0.1, 0.15) is 22.5 Å². The van der Waals surface area contributed by atoms with Crippen LogP contribution in [-0.2, 0) is 11.3 Å². The summed E-state index contributed by atoms with van der Waals surface area (Å²) in [6.07, 6.45) is 4.67. The first-order valence-electron chi connectivity index (χ1n) is 8.88. The highest BCUT2D eigenvalue weighted by atomic mass is 32.1. The van der Waals surface area contributed by atoms with E-state index < -0.39 is 0 Å². The summed E-state index contributed by atoms with van der Waals surface area (Å²) in [5.41, 5.74) is 2.16. The topological polar surface area (TPSA) is 108 Å². The summed E-state index contributed by atoms with van der Waals surface area (Å²) in [6.45, 7) is -0.182. The molecule has 4 aromatic rings. The first-order chi connectivity index (χ1) is 14.6. The smallest absolute Gasteiger partial charge is 0.273 e. The van der Waals surface area contributed by atoms with Gasteiger partial charge in [-0.1, -0.05) is 0 Å². The van der Waals surface area contributed by atoms with Gasteiger partial charge in [-0.25, -0.2) is 4.98 Å². The van der Waals surface area contributed by atoms with Crippen molar-refractivity contribution in [2.75, 3.05) is 19.5 Å². The van der Waals surface area contributed by atoms with Gasteiger partial charge in [0.25, 0.3) is 5.56 Å². The number of ether oxygens (including phenoxy) is 2. The van der Waals surface area contributed by atoms with E-state index in [-0.39, 0.29) is 18.0 Å². The number of fused-ring (bicyclic) bond motifs is 1. The highest BCUT2D eigenvalue weighted by Gasteiger charge is 2.16. The molecule has 0 aliphatic heterocycles. The Kier molecular flexibility index (Phi) is 5.40. The van der Waals surface area contributed by atoms with E-state index in [1.165, 1.54) is 25.1 Å². The Bertz CT molecular complexity index is 1270. The summed E-state index contributed by atoms with van der Waals surface area (Å²) in [6, 6.07) is 8.63. The number of anilines is 1. The van der Waals surface area contributed by atoms with Crippen LogP contribution >= 0.6 is 11.5 Å². The van der Waals surface area contributed by atoms with E-state index in [0.29, 0.717) is 33.1 Å². The van der Waals surface area contributed by atoms with Gasteiger partial charge in [-0.05, 0) is 35.8 Å². The van der Waals surface area contributed by atoms with Crippen molar-refractivity contribution in [3.63, 3.8) is 0 Å². The van der Waals surface area contributed by atoms with E-state index in [1.54, 1.807) is 42.7 Å². The van der Waals surface area contributed by atoms with Crippen molar-refractivity contribution in [1.82, 2.24) is 18.9 Å². The molecule has 9 nitrogen and oxygen atoms in total. The van der Waals surface area contributed by atoms with Crippen LogP contribution < -0.4 is 20.3 Å². The predicted molar refractivity (Wildman–Crippen MR) is 113 cm³/mol. The molecule has 0 aliphatic carbocycles. The van der Waals surface area contributed by atoms with E-state index in [2.05, 4.69) is 19.7 Å². The fraction of sp³-hybridized carbons (Fsp3) is 0.150. The fourth-order valence-corrected chi connectivity index (χ4v) is 3.74. The predicted octanol–water partition coefficient (Wildman–Crippen LogP) is 2.57. The number of nitrogens with one attached hydrogen (secondary N) is 1. The molecule has 1 N–H and O–H groups in total. The number of pyridine rings is 1. The van der Waals surface area contributed by atoms with Crippen molar-refractivity contribution in [3.8, 4) is 22.8 Å². The van der Waals surface area contributed by atoms with Gasteiger partial charge in [-0.3, -0.25) is 19.1 Å². The Morgan fingerprint density at radius 3 is 2.63 bits per heavy atom. The number of benzene rings is 1. The van der Waals surface area contributed by atoms with Gasteiger partial charge in [0, 0.05) is 29.7 Å². The first kappa shape index (κ1) is 19.5. The zero-order chi connectivity index (χ0) is 21.1. The Morgan fingerprint density at radius 2 is 1.90 bits per heavy atom. The third kappa shape index (κ3) is 3.72. The monoisotopic (exact) mass is 423 g/mol. The molecule has 0 spiro atoms. The molecule has 152 valence electrons. The molecular weight excluding hydrogens is 406 g/mol. The summed E-state index contributed by atoms with van der Waals surface area (Å²) in [7, 11) is 3.05. The lowest BCUT2D eigenvalue weighted by Crippen LogP contribution is -2.27. The number of nitrogens with zero attached hydrogens (tertiary/aromatic N) is 4. The largest absolute Gasteiger partial charge is 0.493 e. The standard InChI is InChI=1S/C20H17N5O4S/c1-28-14-4-3-13(9-15(14)29-2)23-16(26)10-25-11-22-18-17(12-5-7-21-8-6-12)24-30-19(18)20(25)27/h3-9,11H,10H2,1-2H3,(H,23,26). The molecule has 4 rings (SSSR count). The molecule has 3 heterocycles. The molecule has 0 radical (unpaired) electrons. The second-order valence-corrected chi connectivity index (χ2v) is 7.01. The van der Waals surface area contributed by atoms with Crippen LogP contribution in [0.5, 0.6) is 11.5 Å². The lowest BCUT2D eigenvalue weighted by molar-refractivity contribution is -0.116. The van der Waals surface area contributed by atoms with Crippen molar-refractivity contribution >= 4 is 33.3 Å². The molecule has 0 fully saturated rings. The quantitative estimate of drug-likeness (QED) is 0.508. The van der Waals surface area contributed by atoms with Crippen molar-refractivity contribution in [2.45, 2.75) is 6.54 Å². The summed E-state index contributed by atoms with van der Waals surface area (Å²) in [5, 5.41) is 2.74. The number of rotatable bonds is 6. The Balaban J connectivity index is 1.56. The van der Waals surface area contributed by atoms with Gasteiger partial charge in [0.2, 0.25) is 5.91 Å². The van der Waals surface area contributed by atoms with Crippen LogP contribution in [0.3, 0.4) is 0 Å². The van der Waals surface area contributed by atoms with E-state index >= 15 is 0 Å². The van der Waals surface area contributed by atoms with Crippen LogP contribution in [0.4, 0.5) is 5.69 Å². The van der Waals surface area contributed by atoms with Gasteiger partial charge in [-0.2, -0.15) is 4.37 Å². The number of carbonyl (C=O) groups excluding carboxylic acids is 1. The molecule has 0 aliphatic rings. The minimum atomic E-state index is -0.371. The van der Waals surface area contributed by atoms with Gasteiger partial charge < -0.3 is 14.8 Å². The van der Waals surface area contributed by atoms with Crippen LogP contribution in [-0.4, -0.2) is 39.0 Å². The normalized spacial score (nSPS) is 10.7. The maximum Gasteiger partial charge on any atom is 0.273 e. The number of amides is 1. The summed E-state index contributed by atoms with van der Waals surface area (Å²) >= 11 is 1.06. The second-order valence-electron chi connectivity index (χ2n) is 6.24. The molecule has 1 amide bonds. The third-order valence-electron chi connectivity index (χ3n) is 4.38. The van der Waals surface area contributed by atoms with E-state index in [9.17, 15) is 9.59 Å². The minimum absolute atomic E-state index is 0.182. The first-order valence-corrected chi connectivity index (χ1v) is 9.65. The van der Waals surface area contributed by atoms with Crippen LogP contribution in [0, 0.1) is 0 Å². The Labute approximate surface area is 175 Å². The third-order valence-corrected chi connectivity index (χ3v) is 5.21. The zero-order valence-corrected chi connectivity index (χ0v) is 17.0. The van der Waals surface area contributed by atoms with Crippen molar-refractivity contribution in [2.24, 2.45) is 0 Å². The van der Waals surface area contributed by atoms with Crippen LogP contribution in [0.2, 0.25) is 0 Å². The molecule has 0 saturated heterocycles. The SMILES string of the molecule is COc1ccc(NC(=O)Cn2cnc3c(-c4ccncc4)nsc3c2=O)cc1OC. The number of hydrogen-bond acceptors (Lipinski definition) is 8. The van der Waals surface area contributed by atoms with Gasteiger partial charge in [0.05, 0.1) is 20.5 Å². The second kappa shape index (κ2) is 8.29. The molecule has 3 aromatic heterocycles. The van der Waals surface area contributed by atoms with Gasteiger partial charge in [-0.15, -0.1) is 0 Å². The Hall–Kier alpha value is -3.79. The molecule has 1 aromatic carbocycles. The van der Waals surface area contributed by atoms with Crippen molar-refractivity contribution in [3.05, 3.63) is 59.4 Å². The molecule has 0 bridgehead atoms. The van der Waals surface area contributed by atoms with Gasteiger partial charge >= 0.3 is 0 Å². The van der Waals surface area contributed by atoms with E-state index in [0.717, 1.165) is 17.1 Å². The zero-order valence-electron chi connectivity index (χ0n) is 16.2. The summed E-state index contributed by atoms with van der Waals surface area (Å²) in [4.78, 5) is 33.6. The Morgan fingerprint density at radius 1 is 1.13 bits per heavy atom. The van der Waals surface area contributed by atoms with Crippen LogP contribution in [0.25, 0.3) is 21.5 Å². The lowest BCUT2D eigenvalue weighted by Gasteiger charge is -2.11. The fourth-order valence-electron chi connectivity index (χ4n) is 2.94. The maximum atomic E-state index is 12.8. The molecule has 0 saturated carbocycles. The molecule has 0 atom stereocenters. The molecule has 30 heavy (non-hydrogen) atoms. The average molecular weight is 423 g/mol. The summed E-state index contributed by atoms with van der Waals surface area (Å²) in [5.74, 6) is 0.671. The van der Waals surface area contributed by atoms with E-state index in [1.807, 2.05) is 0 Å². The highest BCUT2D eigenvalue weighted by molar-refractivity contribution is 7.13. The number of hydrogen-bond donors (Lipinski definition) is 1.